The van der Waals surface area contributed by atoms with Gasteiger partial charge in [0, 0.05) is 30.9 Å². The summed E-state index contributed by atoms with van der Waals surface area (Å²) in [6, 6.07) is 13.4. The number of amides is 2. The predicted molar refractivity (Wildman–Crippen MR) is 121 cm³/mol. The Morgan fingerprint density at radius 2 is 1.88 bits per heavy atom. The number of piperidine rings is 1. The number of nitrogens with one attached hydrogen (secondary N) is 2. The minimum absolute atomic E-state index is 0.0285. The van der Waals surface area contributed by atoms with Gasteiger partial charge in [0.15, 0.2) is 5.69 Å². The lowest BCUT2D eigenvalue weighted by atomic mass is 9.93. The first kappa shape index (κ1) is 20.9. The number of hydrogen-bond acceptors (Lipinski definition) is 4. The van der Waals surface area contributed by atoms with Gasteiger partial charge in [0.2, 0.25) is 0 Å². The SMILES string of the molecule is Cc1nc2ccccn2c1C(=O)N1CCC(c2cc(C(=O)Nc3ccccc3F)n[nH]2)CC1. The number of anilines is 1. The summed E-state index contributed by atoms with van der Waals surface area (Å²) < 4.78 is 15.6. The maximum Gasteiger partial charge on any atom is 0.276 e. The van der Waals surface area contributed by atoms with E-state index in [1.165, 1.54) is 12.1 Å². The molecular weight excluding hydrogens is 423 g/mol. The number of rotatable bonds is 4. The van der Waals surface area contributed by atoms with E-state index in [4.69, 9.17) is 0 Å². The number of H-pyrrole nitrogens is 1. The molecule has 33 heavy (non-hydrogen) atoms. The molecule has 168 valence electrons. The van der Waals surface area contributed by atoms with Gasteiger partial charge in [-0.2, -0.15) is 5.10 Å². The van der Waals surface area contributed by atoms with Crippen LogP contribution in [0, 0.1) is 12.7 Å². The number of carbonyl (C=O) groups is 2. The molecule has 2 amide bonds. The van der Waals surface area contributed by atoms with E-state index in [0.717, 1.165) is 24.2 Å². The summed E-state index contributed by atoms with van der Waals surface area (Å²) >= 11 is 0. The molecular formula is C24H23FN6O2. The number of aryl methyl sites for hydroxylation is 1. The second kappa shape index (κ2) is 8.50. The lowest BCUT2D eigenvalue weighted by Crippen LogP contribution is -2.38. The van der Waals surface area contributed by atoms with Crippen molar-refractivity contribution in [2.24, 2.45) is 0 Å². The van der Waals surface area contributed by atoms with Crippen LogP contribution in [0.1, 0.15) is 51.1 Å². The molecule has 1 aliphatic rings. The van der Waals surface area contributed by atoms with Gasteiger partial charge in [0.05, 0.1) is 11.4 Å². The lowest BCUT2D eigenvalue weighted by molar-refractivity contribution is 0.0704. The highest BCUT2D eigenvalue weighted by molar-refractivity contribution is 6.03. The second-order valence-electron chi connectivity index (χ2n) is 8.18. The first-order valence-electron chi connectivity index (χ1n) is 10.9. The molecule has 0 unspecified atom stereocenters. The van der Waals surface area contributed by atoms with Gasteiger partial charge in [-0.05, 0) is 50.1 Å². The highest BCUT2D eigenvalue weighted by atomic mass is 19.1. The molecule has 1 aliphatic heterocycles. The normalized spacial score (nSPS) is 14.5. The number of hydrogen-bond donors (Lipinski definition) is 2. The quantitative estimate of drug-likeness (QED) is 0.499. The van der Waals surface area contributed by atoms with E-state index in [9.17, 15) is 14.0 Å². The number of carbonyl (C=O) groups excluding carboxylic acids is 2. The van der Waals surface area contributed by atoms with Gasteiger partial charge in [0.25, 0.3) is 11.8 Å². The first-order chi connectivity index (χ1) is 16.0. The topological polar surface area (TPSA) is 95.4 Å². The predicted octanol–water partition coefficient (Wildman–Crippen LogP) is 3.78. The van der Waals surface area contributed by atoms with Crippen LogP contribution in [0.25, 0.3) is 5.65 Å². The van der Waals surface area contributed by atoms with Crippen LogP contribution in [-0.4, -0.2) is 49.4 Å². The summed E-state index contributed by atoms with van der Waals surface area (Å²) in [5, 5.41) is 9.59. The van der Waals surface area contributed by atoms with E-state index in [-0.39, 0.29) is 23.2 Å². The fraction of sp³-hybridized carbons (Fsp3) is 0.250. The van der Waals surface area contributed by atoms with Crippen molar-refractivity contribution in [3.63, 3.8) is 0 Å². The fourth-order valence-corrected chi connectivity index (χ4v) is 4.33. The third-order valence-corrected chi connectivity index (χ3v) is 6.08. The minimum atomic E-state index is -0.500. The number of aromatic amines is 1. The van der Waals surface area contributed by atoms with Crippen LogP contribution in [0.5, 0.6) is 0 Å². The number of likely N-dealkylation sites (tertiary alicyclic amines) is 1. The summed E-state index contributed by atoms with van der Waals surface area (Å²) in [5.41, 5.74) is 3.22. The fourth-order valence-electron chi connectivity index (χ4n) is 4.33. The van der Waals surface area contributed by atoms with Crippen LogP contribution in [0.3, 0.4) is 0 Å². The Labute approximate surface area is 189 Å². The van der Waals surface area contributed by atoms with Gasteiger partial charge in [-0.3, -0.25) is 19.1 Å². The molecule has 0 atom stereocenters. The molecule has 0 saturated carbocycles. The number of benzene rings is 1. The van der Waals surface area contributed by atoms with Gasteiger partial charge in [-0.15, -0.1) is 0 Å². The smallest absolute Gasteiger partial charge is 0.276 e. The Morgan fingerprint density at radius 3 is 2.67 bits per heavy atom. The van der Waals surface area contributed by atoms with Crippen molar-refractivity contribution < 1.29 is 14.0 Å². The number of halogens is 1. The standard InChI is InChI=1S/C24H23FN6O2/c1-15-22(31-11-5-4-8-21(31)26-15)24(33)30-12-9-16(10-13-30)19-14-20(29-28-19)23(32)27-18-7-3-2-6-17(18)25/h2-8,11,14,16H,9-10,12-13H2,1H3,(H,27,32)(H,28,29). The third kappa shape index (κ3) is 3.97. The van der Waals surface area contributed by atoms with Crippen LogP contribution in [0.4, 0.5) is 10.1 Å². The van der Waals surface area contributed by atoms with E-state index >= 15 is 0 Å². The minimum Gasteiger partial charge on any atom is -0.337 e. The van der Waals surface area contributed by atoms with E-state index in [2.05, 4.69) is 20.5 Å². The third-order valence-electron chi connectivity index (χ3n) is 6.08. The zero-order valence-corrected chi connectivity index (χ0v) is 18.1. The Kier molecular flexibility index (Phi) is 5.37. The Hall–Kier alpha value is -4.01. The molecule has 5 rings (SSSR count). The van der Waals surface area contributed by atoms with E-state index < -0.39 is 11.7 Å². The van der Waals surface area contributed by atoms with E-state index in [1.54, 1.807) is 18.2 Å². The van der Waals surface area contributed by atoms with Crippen LogP contribution in [0.15, 0.2) is 54.7 Å². The van der Waals surface area contributed by atoms with Crippen molar-refractivity contribution in [1.82, 2.24) is 24.5 Å². The molecule has 4 heterocycles. The Morgan fingerprint density at radius 1 is 1.12 bits per heavy atom. The van der Waals surface area contributed by atoms with Crippen molar-refractivity contribution in [2.45, 2.75) is 25.7 Å². The summed E-state index contributed by atoms with van der Waals surface area (Å²) in [6.45, 7) is 3.04. The van der Waals surface area contributed by atoms with Crippen LogP contribution < -0.4 is 5.32 Å². The molecule has 0 bridgehead atoms. The number of para-hydroxylation sites is 1. The van der Waals surface area contributed by atoms with Crippen molar-refractivity contribution in [3.8, 4) is 0 Å². The summed E-state index contributed by atoms with van der Waals surface area (Å²) in [6.07, 6.45) is 3.35. The summed E-state index contributed by atoms with van der Waals surface area (Å²) in [4.78, 5) is 32.0. The van der Waals surface area contributed by atoms with E-state index in [1.807, 2.05) is 40.6 Å². The van der Waals surface area contributed by atoms with Crippen molar-refractivity contribution in [2.75, 3.05) is 18.4 Å². The van der Waals surface area contributed by atoms with Crippen LogP contribution >= 0.6 is 0 Å². The molecule has 0 spiro atoms. The highest BCUT2D eigenvalue weighted by Crippen LogP contribution is 2.28. The molecule has 1 fully saturated rings. The molecule has 1 aromatic carbocycles. The zero-order chi connectivity index (χ0) is 22.9. The molecule has 0 radical (unpaired) electrons. The van der Waals surface area contributed by atoms with Crippen molar-refractivity contribution in [1.29, 1.82) is 0 Å². The molecule has 9 heteroatoms. The van der Waals surface area contributed by atoms with Crippen LogP contribution in [0.2, 0.25) is 0 Å². The zero-order valence-electron chi connectivity index (χ0n) is 18.1. The summed E-state index contributed by atoms with van der Waals surface area (Å²) in [7, 11) is 0. The number of nitrogens with zero attached hydrogens (tertiary/aromatic N) is 4. The lowest BCUT2D eigenvalue weighted by Gasteiger charge is -2.31. The molecule has 8 nitrogen and oxygen atoms in total. The molecule has 0 aliphatic carbocycles. The highest BCUT2D eigenvalue weighted by Gasteiger charge is 2.29. The monoisotopic (exact) mass is 446 g/mol. The average Bonchev–Trinajstić information content (AvgIpc) is 3.45. The van der Waals surface area contributed by atoms with Crippen molar-refractivity contribution in [3.05, 3.63) is 83.3 Å². The van der Waals surface area contributed by atoms with Gasteiger partial charge < -0.3 is 10.2 Å². The number of imidazole rings is 1. The largest absolute Gasteiger partial charge is 0.337 e. The van der Waals surface area contributed by atoms with Gasteiger partial charge in [0.1, 0.15) is 17.2 Å². The second-order valence-corrected chi connectivity index (χ2v) is 8.18. The molecule has 2 N–H and O–H groups in total. The van der Waals surface area contributed by atoms with Crippen molar-refractivity contribution >= 4 is 23.1 Å². The molecule has 1 saturated heterocycles. The Balaban J connectivity index is 1.24. The molecule has 3 aromatic heterocycles. The van der Waals surface area contributed by atoms with Crippen LogP contribution in [-0.2, 0) is 0 Å². The maximum absolute atomic E-state index is 13.8. The number of fused-ring (bicyclic) bond motifs is 1. The number of pyridine rings is 1. The number of aromatic nitrogens is 4. The van der Waals surface area contributed by atoms with Gasteiger partial charge in [-0.1, -0.05) is 18.2 Å². The first-order valence-corrected chi connectivity index (χ1v) is 10.9. The maximum atomic E-state index is 13.8. The van der Waals surface area contributed by atoms with E-state index in [0.29, 0.717) is 24.5 Å². The average molecular weight is 446 g/mol. The van der Waals surface area contributed by atoms with Gasteiger partial charge >= 0.3 is 0 Å². The van der Waals surface area contributed by atoms with Gasteiger partial charge in [-0.25, -0.2) is 9.37 Å². The summed E-state index contributed by atoms with van der Waals surface area (Å²) in [5.74, 6) is -0.850. The Bertz CT molecular complexity index is 1340. The molecule has 4 aromatic rings.